The molecular weight excluding hydrogens is 256 g/mol. The van der Waals surface area contributed by atoms with Crippen LogP contribution in [-0.2, 0) is 0 Å². The maximum atomic E-state index is 11.9. The highest BCUT2D eigenvalue weighted by Crippen LogP contribution is 2.10. The zero-order valence-electron chi connectivity index (χ0n) is 12.6. The molecule has 1 heterocycles. The van der Waals surface area contributed by atoms with E-state index in [9.17, 15) is 9.90 Å². The van der Waals surface area contributed by atoms with Crippen molar-refractivity contribution >= 4 is 5.91 Å². The summed E-state index contributed by atoms with van der Waals surface area (Å²) >= 11 is 0. The number of hydrogen-bond acceptors (Lipinski definition) is 4. The number of rotatable bonds is 7. The van der Waals surface area contributed by atoms with Crippen LogP contribution >= 0.6 is 0 Å². The molecule has 5 heteroatoms. The zero-order chi connectivity index (χ0) is 15.1. The Bertz CT molecular complexity index is 433. The lowest BCUT2D eigenvalue weighted by molar-refractivity contribution is 0.0914. The number of aliphatic hydroxyl groups excluding tert-OH is 1. The second-order valence-electron chi connectivity index (χ2n) is 5.38. The van der Waals surface area contributed by atoms with Gasteiger partial charge in [0.25, 0.3) is 5.91 Å². The molecule has 0 aliphatic rings. The molecule has 1 rings (SSSR count). The van der Waals surface area contributed by atoms with Crippen molar-refractivity contribution in [2.75, 3.05) is 6.54 Å². The van der Waals surface area contributed by atoms with E-state index in [0.717, 1.165) is 0 Å². The van der Waals surface area contributed by atoms with Crippen LogP contribution in [-0.4, -0.2) is 34.8 Å². The third-order valence-electron chi connectivity index (χ3n) is 2.81. The normalized spacial score (nSPS) is 12.6. The zero-order valence-corrected chi connectivity index (χ0v) is 12.6. The number of carbonyl (C=O) groups is 1. The Labute approximate surface area is 120 Å². The average molecular weight is 280 g/mol. The molecule has 1 amide bonds. The van der Waals surface area contributed by atoms with E-state index in [1.807, 2.05) is 27.7 Å². The van der Waals surface area contributed by atoms with Gasteiger partial charge in [-0.2, -0.15) is 0 Å². The molecule has 0 fully saturated rings. The minimum absolute atomic E-state index is 0.0157. The first-order valence-corrected chi connectivity index (χ1v) is 7.00. The number of aliphatic hydroxyl groups is 1. The Kier molecular flexibility index (Phi) is 6.45. The van der Waals surface area contributed by atoms with Crippen molar-refractivity contribution < 1.29 is 14.6 Å². The summed E-state index contributed by atoms with van der Waals surface area (Å²) < 4.78 is 5.45. The van der Waals surface area contributed by atoms with Crippen LogP contribution in [0.1, 0.15) is 44.6 Å². The fraction of sp³-hybridized carbons (Fsp3) is 0.600. The van der Waals surface area contributed by atoms with Crippen molar-refractivity contribution in [3.05, 3.63) is 23.9 Å². The van der Waals surface area contributed by atoms with Gasteiger partial charge in [0.05, 0.1) is 12.2 Å². The summed E-state index contributed by atoms with van der Waals surface area (Å²) in [5.41, 5.74) is 0.321. The van der Waals surface area contributed by atoms with Gasteiger partial charge < -0.3 is 15.2 Å². The van der Waals surface area contributed by atoms with Crippen molar-refractivity contribution in [2.24, 2.45) is 5.92 Å². The van der Waals surface area contributed by atoms with E-state index < -0.39 is 6.10 Å². The van der Waals surface area contributed by atoms with Gasteiger partial charge in [-0.3, -0.25) is 4.79 Å². The molecule has 0 aliphatic heterocycles. The molecule has 1 atom stereocenters. The highest BCUT2D eigenvalue weighted by atomic mass is 16.5. The summed E-state index contributed by atoms with van der Waals surface area (Å²) in [5.74, 6) is 0.373. The fourth-order valence-electron chi connectivity index (χ4n) is 1.61. The minimum atomic E-state index is -0.404. The largest absolute Gasteiger partial charge is 0.475 e. The van der Waals surface area contributed by atoms with Gasteiger partial charge in [-0.05, 0) is 32.3 Å². The lowest BCUT2D eigenvalue weighted by Crippen LogP contribution is -2.29. The molecule has 20 heavy (non-hydrogen) atoms. The second kappa shape index (κ2) is 7.85. The number of amides is 1. The van der Waals surface area contributed by atoms with Gasteiger partial charge in [0, 0.05) is 12.6 Å². The Morgan fingerprint density at radius 2 is 2.05 bits per heavy atom. The number of pyridine rings is 1. The Morgan fingerprint density at radius 1 is 1.35 bits per heavy atom. The van der Waals surface area contributed by atoms with Gasteiger partial charge in [0.15, 0.2) is 0 Å². The van der Waals surface area contributed by atoms with Crippen LogP contribution < -0.4 is 10.1 Å². The Morgan fingerprint density at radius 3 is 2.65 bits per heavy atom. The summed E-state index contributed by atoms with van der Waals surface area (Å²) in [5, 5.41) is 12.4. The highest BCUT2D eigenvalue weighted by Gasteiger charge is 2.12. The maximum Gasteiger partial charge on any atom is 0.270 e. The molecule has 0 aromatic carbocycles. The van der Waals surface area contributed by atoms with Crippen molar-refractivity contribution in [3.8, 4) is 5.88 Å². The minimum Gasteiger partial charge on any atom is -0.475 e. The van der Waals surface area contributed by atoms with E-state index >= 15 is 0 Å². The second-order valence-corrected chi connectivity index (χ2v) is 5.38. The molecule has 1 unspecified atom stereocenters. The molecule has 0 saturated heterocycles. The molecule has 2 N–H and O–H groups in total. The lowest BCUT2D eigenvalue weighted by Gasteiger charge is -2.14. The van der Waals surface area contributed by atoms with E-state index in [1.165, 1.54) is 0 Å². The number of aromatic nitrogens is 1. The Balaban J connectivity index is 2.51. The standard InChI is InChI=1S/C15H24N2O3/c1-10(2)13(18)8-9-16-15(19)12-6-5-7-14(17-12)20-11(3)4/h5-7,10-11,13,18H,8-9H2,1-4H3,(H,16,19). The van der Waals surface area contributed by atoms with Gasteiger partial charge >= 0.3 is 0 Å². The first-order valence-electron chi connectivity index (χ1n) is 7.00. The summed E-state index contributed by atoms with van der Waals surface area (Å²) in [6.45, 7) is 8.13. The van der Waals surface area contributed by atoms with Crippen molar-refractivity contribution in [2.45, 2.75) is 46.3 Å². The number of nitrogens with zero attached hydrogens (tertiary/aromatic N) is 1. The SMILES string of the molecule is CC(C)Oc1cccc(C(=O)NCCC(O)C(C)C)n1. The summed E-state index contributed by atoms with van der Waals surface area (Å²) in [6.07, 6.45) is 0.145. The van der Waals surface area contributed by atoms with Crippen LogP contribution in [0.25, 0.3) is 0 Å². The summed E-state index contributed by atoms with van der Waals surface area (Å²) in [7, 11) is 0. The first kappa shape index (κ1) is 16.4. The van der Waals surface area contributed by atoms with E-state index in [0.29, 0.717) is 24.5 Å². The third-order valence-corrected chi connectivity index (χ3v) is 2.81. The van der Waals surface area contributed by atoms with Crippen LogP contribution in [0.2, 0.25) is 0 Å². The predicted octanol–water partition coefficient (Wildman–Crippen LogP) is 2.01. The van der Waals surface area contributed by atoms with Crippen LogP contribution in [0.15, 0.2) is 18.2 Å². The molecular formula is C15H24N2O3. The van der Waals surface area contributed by atoms with Gasteiger partial charge in [-0.1, -0.05) is 19.9 Å². The van der Waals surface area contributed by atoms with Crippen LogP contribution in [0, 0.1) is 5.92 Å². The predicted molar refractivity (Wildman–Crippen MR) is 77.8 cm³/mol. The smallest absolute Gasteiger partial charge is 0.270 e. The topological polar surface area (TPSA) is 71.5 Å². The Hall–Kier alpha value is -1.62. The molecule has 0 radical (unpaired) electrons. The molecule has 5 nitrogen and oxygen atoms in total. The molecule has 0 saturated carbocycles. The van der Waals surface area contributed by atoms with E-state index in [-0.39, 0.29) is 17.9 Å². The van der Waals surface area contributed by atoms with Gasteiger partial charge in [0.1, 0.15) is 5.69 Å². The molecule has 112 valence electrons. The van der Waals surface area contributed by atoms with E-state index in [1.54, 1.807) is 18.2 Å². The number of ether oxygens (including phenoxy) is 1. The number of nitrogens with one attached hydrogen (secondary N) is 1. The molecule has 0 aliphatic carbocycles. The van der Waals surface area contributed by atoms with Crippen LogP contribution in [0.4, 0.5) is 0 Å². The number of hydrogen-bond donors (Lipinski definition) is 2. The third kappa shape index (κ3) is 5.57. The quantitative estimate of drug-likeness (QED) is 0.801. The fourth-order valence-corrected chi connectivity index (χ4v) is 1.61. The number of carbonyl (C=O) groups excluding carboxylic acids is 1. The van der Waals surface area contributed by atoms with Gasteiger partial charge in [-0.15, -0.1) is 0 Å². The lowest BCUT2D eigenvalue weighted by atomic mass is 10.0. The van der Waals surface area contributed by atoms with E-state index in [4.69, 9.17) is 4.74 Å². The average Bonchev–Trinajstić information content (AvgIpc) is 2.37. The monoisotopic (exact) mass is 280 g/mol. The van der Waals surface area contributed by atoms with Crippen LogP contribution in [0.5, 0.6) is 5.88 Å². The molecule has 0 spiro atoms. The van der Waals surface area contributed by atoms with Crippen molar-refractivity contribution in [1.29, 1.82) is 0 Å². The molecule has 1 aromatic rings. The van der Waals surface area contributed by atoms with Gasteiger partial charge in [-0.25, -0.2) is 4.98 Å². The van der Waals surface area contributed by atoms with E-state index in [2.05, 4.69) is 10.3 Å². The van der Waals surface area contributed by atoms with Gasteiger partial charge in [0.2, 0.25) is 5.88 Å². The van der Waals surface area contributed by atoms with Crippen molar-refractivity contribution in [3.63, 3.8) is 0 Å². The molecule has 1 aromatic heterocycles. The van der Waals surface area contributed by atoms with Crippen LogP contribution in [0.3, 0.4) is 0 Å². The summed E-state index contributed by atoms with van der Waals surface area (Å²) in [6, 6.07) is 5.10. The maximum absolute atomic E-state index is 11.9. The first-order chi connectivity index (χ1) is 9.40. The highest BCUT2D eigenvalue weighted by molar-refractivity contribution is 5.92. The molecule has 0 bridgehead atoms. The summed E-state index contributed by atoms with van der Waals surface area (Å²) in [4.78, 5) is 16.1. The van der Waals surface area contributed by atoms with Crippen molar-refractivity contribution in [1.82, 2.24) is 10.3 Å².